The first-order chi connectivity index (χ1) is 11.5. The molecular formula is C17H14BrFN4O. The highest BCUT2D eigenvalue weighted by molar-refractivity contribution is 9.10. The van der Waals surface area contributed by atoms with Gasteiger partial charge in [0.1, 0.15) is 5.82 Å². The molecule has 0 bridgehead atoms. The van der Waals surface area contributed by atoms with Crippen LogP contribution >= 0.6 is 15.9 Å². The fourth-order valence-electron chi connectivity index (χ4n) is 2.33. The third-order valence-corrected chi connectivity index (χ3v) is 3.90. The molecule has 5 nitrogen and oxygen atoms in total. The number of nitrogens with two attached hydrogens (primary N) is 1. The molecule has 0 radical (unpaired) electrons. The summed E-state index contributed by atoms with van der Waals surface area (Å²) in [5.41, 5.74) is 7.26. The fraction of sp³-hybridized carbons (Fsp3) is 0.0588. The van der Waals surface area contributed by atoms with Gasteiger partial charge in [-0.3, -0.25) is 4.79 Å². The fourth-order valence-corrected chi connectivity index (χ4v) is 2.76. The number of hydrogen-bond acceptors (Lipinski definition) is 3. The van der Waals surface area contributed by atoms with Crippen LogP contribution in [0.1, 0.15) is 15.9 Å². The molecule has 3 rings (SSSR count). The lowest BCUT2D eigenvalue weighted by Gasteiger charge is -2.11. The smallest absolute Gasteiger partial charge is 0.253 e. The number of nitrogens with zero attached hydrogens (tertiary/aromatic N) is 2. The third kappa shape index (κ3) is 3.46. The average Bonchev–Trinajstić information content (AvgIpc) is 3.01. The van der Waals surface area contributed by atoms with Crippen LogP contribution in [0, 0.1) is 5.82 Å². The molecule has 0 aliphatic heterocycles. The molecule has 3 aromatic rings. The number of nitrogens with one attached hydrogen (secondary N) is 1. The number of carbonyl (C=O) groups is 1. The van der Waals surface area contributed by atoms with Crippen LogP contribution < -0.4 is 11.1 Å². The highest BCUT2D eigenvalue weighted by Crippen LogP contribution is 2.25. The van der Waals surface area contributed by atoms with Gasteiger partial charge in [0.25, 0.3) is 5.91 Å². The number of amides is 1. The SMILES string of the molecule is NC(=O)c1c(F)cc(Br)cc1NCc1cnn(-c2ccccc2)c1. The number of hydrogen-bond donors (Lipinski definition) is 2. The van der Waals surface area contributed by atoms with E-state index in [1.165, 1.54) is 6.07 Å². The van der Waals surface area contributed by atoms with Gasteiger partial charge in [0.15, 0.2) is 0 Å². The predicted molar refractivity (Wildman–Crippen MR) is 93.5 cm³/mol. The number of carbonyl (C=O) groups excluding carboxylic acids is 1. The van der Waals surface area contributed by atoms with Crippen molar-refractivity contribution in [1.29, 1.82) is 0 Å². The van der Waals surface area contributed by atoms with Gasteiger partial charge in [-0.05, 0) is 24.3 Å². The van der Waals surface area contributed by atoms with E-state index >= 15 is 0 Å². The number of para-hydroxylation sites is 1. The summed E-state index contributed by atoms with van der Waals surface area (Å²) in [7, 11) is 0. The second-order valence-corrected chi connectivity index (χ2v) is 6.07. The predicted octanol–water partition coefficient (Wildman–Crippen LogP) is 3.48. The number of benzene rings is 2. The zero-order valence-electron chi connectivity index (χ0n) is 12.5. The maximum Gasteiger partial charge on any atom is 0.253 e. The molecule has 0 unspecified atom stereocenters. The van der Waals surface area contributed by atoms with Crippen molar-refractivity contribution >= 4 is 27.5 Å². The average molecular weight is 389 g/mol. The van der Waals surface area contributed by atoms with Gasteiger partial charge in [0.05, 0.1) is 23.1 Å². The second-order valence-electron chi connectivity index (χ2n) is 5.16. The zero-order valence-corrected chi connectivity index (χ0v) is 14.1. The Morgan fingerprint density at radius 3 is 2.75 bits per heavy atom. The molecule has 0 aliphatic rings. The van der Waals surface area contributed by atoms with Gasteiger partial charge in [-0.1, -0.05) is 34.1 Å². The van der Waals surface area contributed by atoms with Crippen LogP contribution in [-0.4, -0.2) is 15.7 Å². The topological polar surface area (TPSA) is 72.9 Å². The Labute approximate surface area is 146 Å². The summed E-state index contributed by atoms with van der Waals surface area (Å²) in [6.07, 6.45) is 3.57. The minimum absolute atomic E-state index is 0.159. The molecule has 3 N–H and O–H groups in total. The monoisotopic (exact) mass is 388 g/mol. The molecule has 24 heavy (non-hydrogen) atoms. The molecule has 0 saturated heterocycles. The van der Waals surface area contributed by atoms with Crippen LogP contribution in [0.25, 0.3) is 5.69 Å². The van der Waals surface area contributed by atoms with Gasteiger partial charge in [-0.2, -0.15) is 5.10 Å². The summed E-state index contributed by atoms with van der Waals surface area (Å²) >= 11 is 3.21. The van der Waals surface area contributed by atoms with Crippen LogP contribution in [0.3, 0.4) is 0 Å². The van der Waals surface area contributed by atoms with E-state index in [1.54, 1.807) is 16.9 Å². The number of aromatic nitrogens is 2. The van der Waals surface area contributed by atoms with E-state index in [4.69, 9.17) is 5.73 Å². The first kappa shape index (κ1) is 16.2. The molecule has 122 valence electrons. The van der Waals surface area contributed by atoms with Crippen LogP contribution in [0.15, 0.2) is 59.3 Å². The highest BCUT2D eigenvalue weighted by atomic mass is 79.9. The lowest BCUT2D eigenvalue weighted by Crippen LogP contribution is -2.16. The summed E-state index contributed by atoms with van der Waals surface area (Å²) in [5.74, 6) is -1.48. The van der Waals surface area contributed by atoms with Crippen molar-refractivity contribution in [3.05, 3.63) is 76.3 Å². The lowest BCUT2D eigenvalue weighted by atomic mass is 10.1. The summed E-state index contributed by atoms with van der Waals surface area (Å²) in [6.45, 7) is 0.378. The van der Waals surface area contributed by atoms with Crippen molar-refractivity contribution in [3.8, 4) is 5.69 Å². The maximum absolute atomic E-state index is 13.9. The van der Waals surface area contributed by atoms with Gasteiger partial charge < -0.3 is 11.1 Å². The molecule has 2 aromatic carbocycles. The highest BCUT2D eigenvalue weighted by Gasteiger charge is 2.15. The van der Waals surface area contributed by atoms with Crippen LogP contribution in [0.2, 0.25) is 0 Å². The quantitative estimate of drug-likeness (QED) is 0.702. The van der Waals surface area contributed by atoms with Gasteiger partial charge in [-0.25, -0.2) is 9.07 Å². The normalized spacial score (nSPS) is 10.6. The van der Waals surface area contributed by atoms with Crippen LogP contribution in [0.5, 0.6) is 0 Å². The van der Waals surface area contributed by atoms with Gasteiger partial charge >= 0.3 is 0 Å². The summed E-state index contributed by atoms with van der Waals surface area (Å²) in [5, 5.41) is 7.33. The molecule has 0 spiro atoms. The molecule has 0 atom stereocenters. The standard InChI is InChI=1S/C17H14BrFN4O/c18-12-6-14(19)16(17(20)24)15(7-12)21-8-11-9-22-23(10-11)13-4-2-1-3-5-13/h1-7,9-10,21H,8H2,(H2,20,24). The Balaban J connectivity index is 1.80. The van der Waals surface area contributed by atoms with Crippen LogP contribution in [-0.2, 0) is 6.54 Å². The Kier molecular flexibility index (Phi) is 4.61. The zero-order chi connectivity index (χ0) is 17.1. The van der Waals surface area contributed by atoms with E-state index in [1.807, 2.05) is 36.5 Å². The number of rotatable bonds is 5. The molecule has 0 saturated carbocycles. The van der Waals surface area contributed by atoms with Gasteiger partial charge in [0, 0.05) is 22.8 Å². The van der Waals surface area contributed by atoms with Crippen molar-refractivity contribution in [2.45, 2.75) is 6.54 Å². The molecular weight excluding hydrogens is 375 g/mol. The third-order valence-electron chi connectivity index (χ3n) is 3.44. The molecule has 7 heteroatoms. The van der Waals surface area contributed by atoms with Gasteiger partial charge in [-0.15, -0.1) is 0 Å². The van der Waals surface area contributed by atoms with Crippen molar-refractivity contribution in [2.75, 3.05) is 5.32 Å². The Bertz CT molecular complexity index is 880. The number of anilines is 1. The Hall–Kier alpha value is -2.67. The van der Waals surface area contributed by atoms with Crippen molar-refractivity contribution in [3.63, 3.8) is 0 Å². The van der Waals surface area contributed by atoms with E-state index in [2.05, 4.69) is 26.3 Å². The lowest BCUT2D eigenvalue weighted by molar-refractivity contribution is 0.0997. The number of primary amides is 1. The minimum Gasteiger partial charge on any atom is -0.380 e. The van der Waals surface area contributed by atoms with Crippen LogP contribution in [0.4, 0.5) is 10.1 Å². The molecule has 1 aromatic heterocycles. The van der Waals surface area contributed by atoms with E-state index in [-0.39, 0.29) is 5.56 Å². The summed E-state index contributed by atoms with van der Waals surface area (Å²) < 4.78 is 16.2. The molecule has 1 heterocycles. The van der Waals surface area contributed by atoms with Crippen molar-refractivity contribution in [1.82, 2.24) is 9.78 Å². The van der Waals surface area contributed by atoms with E-state index < -0.39 is 11.7 Å². The van der Waals surface area contributed by atoms with Gasteiger partial charge in [0.2, 0.25) is 0 Å². The Morgan fingerprint density at radius 1 is 1.29 bits per heavy atom. The first-order valence-corrected chi connectivity index (χ1v) is 7.95. The largest absolute Gasteiger partial charge is 0.380 e. The first-order valence-electron chi connectivity index (χ1n) is 7.16. The van der Waals surface area contributed by atoms with Crippen molar-refractivity contribution in [2.24, 2.45) is 5.73 Å². The van der Waals surface area contributed by atoms with Crippen molar-refractivity contribution < 1.29 is 9.18 Å². The maximum atomic E-state index is 13.9. The molecule has 1 amide bonds. The Morgan fingerprint density at radius 2 is 2.04 bits per heavy atom. The van der Waals surface area contributed by atoms with E-state index in [0.717, 1.165) is 11.3 Å². The second kappa shape index (κ2) is 6.84. The minimum atomic E-state index is -0.817. The molecule has 0 aliphatic carbocycles. The van der Waals surface area contributed by atoms with E-state index in [0.29, 0.717) is 16.7 Å². The summed E-state index contributed by atoms with van der Waals surface area (Å²) in [6, 6.07) is 12.5. The molecule has 0 fully saturated rings. The number of halogens is 2. The summed E-state index contributed by atoms with van der Waals surface area (Å²) in [4.78, 5) is 11.5. The van der Waals surface area contributed by atoms with E-state index in [9.17, 15) is 9.18 Å².